The summed E-state index contributed by atoms with van der Waals surface area (Å²) in [6, 6.07) is 2.15. The second-order valence-electron chi connectivity index (χ2n) is 13.0. The standard InChI is InChI=1S/C29H62O10S3Si3/c1-25(15-30)16-31-43(12-6-9-40,32-17-26(2)19-34-44(13-7-10-41)36-21-28(4)22-37-44)33-18-27(3)20-35-45(14-8-11-42)38-23-29(5)24-39-45/h25-30,40-42H,6-24H2,1-5H3. The van der Waals surface area contributed by atoms with Gasteiger partial charge in [0, 0.05) is 114 Å². The van der Waals surface area contributed by atoms with E-state index in [1.54, 1.807) is 0 Å². The van der Waals surface area contributed by atoms with Crippen molar-refractivity contribution in [2.45, 2.75) is 72.0 Å². The first-order valence-electron chi connectivity index (χ1n) is 16.7. The number of rotatable bonds is 25. The first-order chi connectivity index (χ1) is 21.5. The molecule has 0 saturated carbocycles. The maximum absolute atomic E-state index is 9.70. The van der Waals surface area contributed by atoms with Crippen LogP contribution in [0.25, 0.3) is 0 Å². The Morgan fingerprint density at radius 2 is 1.02 bits per heavy atom. The van der Waals surface area contributed by atoms with Crippen LogP contribution in [0.4, 0.5) is 0 Å². The van der Waals surface area contributed by atoms with Crippen molar-refractivity contribution in [3.05, 3.63) is 0 Å². The van der Waals surface area contributed by atoms with Crippen LogP contribution < -0.4 is 0 Å². The lowest BCUT2D eigenvalue weighted by Crippen LogP contribution is -2.53. The molecule has 0 aromatic rings. The predicted octanol–water partition coefficient (Wildman–Crippen LogP) is 5.11. The van der Waals surface area contributed by atoms with E-state index < -0.39 is 26.4 Å². The molecule has 2 fully saturated rings. The highest BCUT2D eigenvalue weighted by atomic mass is 32.1. The lowest BCUT2D eigenvalue weighted by atomic mass is 10.2. The Labute approximate surface area is 292 Å². The molecule has 10 nitrogen and oxygen atoms in total. The van der Waals surface area contributed by atoms with E-state index in [-0.39, 0.29) is 24.4 Å². The van der Waals surface area contributed by atoms with E-state index in [2.05, 4.69) is 65.6 Å². The highest BCUT2D eigenvalue weighted by molar-refractivity contribution is 7.80. The van der Waals surface area contributed by atoms with Crippen LogP contribution in [0.1, 0.15) is 53.9 Å². The number of thiol groups is 3. The zero-order valence-corrected chi connectivity index (χ0v) is 34.0. The van der Waals surface area contributed by atoms with Crippen LogP contribution in [-0.4, -0.2) is 115 Å². The van der Waals surface area contributed by atoms with Crippen LogP contribution in [0.3, 0.4) is 0 Å². The van der Waals surface area contributed by atoms with Gasteiger partial charge in [-0.3, -0.25) is 0 Å². The Balaban J connectivity index is 2.03. The van der Waals surface area contributed by atoms with Crippen LogP contribution in [-0.2, 0) is 39.8 Å². The van der Waals surface area contributed by atoms with Gasteiger partial charge in [0.2, 0.25) is 0 Å². The molecule has 2 saturated heterocycles. The first-order valence-corrected chi connectivity index (χ1v) is 24.4. The van der Waals surface area contributed by atoms with Gasteiger partial charge in [0.05, 0.1) is 0 Å². The van der Waals surface area contributed by atoms with Crippen LogP contribution in [0.15, 0.2) is 0 Å². The summed E-state index contributed by atoms with van der Waals surface area (Å²) in [5, 5.41) is 9.70. The number of hydrogen-bond donors (Lipinski definition) is 4. The number of hydrogen-bond acceptors (Lipinski definition) is 13. The second kappa shape index (κ2) is 22.9. The second-order valence-corrected chi connectivity index (χ2v) is 22.6. The zero-order valence-electron chi connectivity index (χ0n) is 28.3. The molecule has 2 rings (SSSR count). The molecule has 0 aliphatic carbocycles. The first kappa shape index (κ1) is 42.5. The third kappa shape index (κ3) is 16.2. The largest absolute Gasteiger partial charge is 0.501 e. The molecular weight excluding hydrogens is 689 g/mol. The van der Waals surface area contributed by atoms with E-state index in [4.69, 9.17) is 39.8 Å². The topological polar surface area (TPSA) is 103 Å². The molecule has 2 aliphatic heterocycles. The minimum absolute atomic E-state index is 0.0285. The van der Waals surface area contributed by atoms with Gasteiger partial charge in [0.25, 0.3) is 0 Å². The fourth-order valence-electron chi connectivity index (χ4n) is 4.58. The molecular formula is C29H62O10S3Si3. The van der Waals surface area contributed by atoms with E-state index in [9.17, 15) is 5.11 Å². The summed E-state index contributed by atoms with van der Waals surface area (Å²) < 4.78 is 57.3. The van der Waals surface area contributed by atoms with Crippen molar-refractivity contribution in [2.24, 2.45) is 29.6 Å². The van der Waals surface area contributed by atoms with Gasteiger partial charge >= 0.3 is 26.4 Å². The summed E-state index contributed by atoms with van der Waals surface area (Å²) in [5.74, 6) is 3.02. The molecule has 45 heavy (non-hydrogen) atoms. The van der Waals surface area contributed by atoms with Crippen LogP contribution in [0, 0.1) is 29.6 Å². The van der Waals surface area contributed by atoms with Gasteiger partial charge < -0.3 is 44.9 Å². The third-order valence-corrected chi connectivity index (χ3v) is 16.8. The van der Waals surface area contributed by atoms with Crippen molar-refractivity contribution < 1.29 is 44.9 Å². The van der Waals surface area contributed by atoms with Crippen molar-refractivity contribution in [1.29, 1.82) is 0 Å². The van der Waals surface area contributed by atoms with Gasteiger partial charge in [-0.15, -0.1) is 0 Å². The molecule has 268 valence electrons. The normalized spacial score (nSPS) is 29.3. The number of aliphatic hydroxyl groups is 1. The predicted molar refractivity (Wildman–Crippen MR) is 194 cm³/mol. The van der Waals surface area contributed by atoms with Crippen molar-refractivity contribution >= 4 is 64.3 Å². The molecule has 0 amide bonds. The van der Waals surface area contributed by atoms with Gasteiger partial charge in [-0.25, -0.2) is 0 Å². The molecule has 0 aromatic heterocycles. The molecule has 0 radical (unpaired) electrons. The molecule has 1 N–H and O–H groups in total. The maximum Gasteiger partial charge on any atom is 0.501 e. The molecule has 0 spiro atoms. The molecule has 0 aromatic carbocycles. The monoisotopic (exact) mass is 750 g/mol. The summed E-state index contributed by atoms with van der Waals surface area (Å²) in [6.07, 6.45) is 2.56. The van der Waals surface area contributed by atoms with Crippen molar-refractivity contribution in [3.63, 3.8) is 0 Å². The average molecular weight is 751 g/mol. The molecule has 0 bridgehead atoms. The zero-order chi connectivity index (χ0) is 33.2. The summed E-state index contributed by atoms with van der Waals surface area (Å²) in [6.45, 7) is 15.1. The van der Waals surface area contributed by atoms with Gasteiger partial charge in [-0.05, 0) is 36.5 Å². The maximum atomic E-state index is 9.70. The minimum Gasteiger partial charge on any atom is -0.396 e. The Morgan fingerprint density at radius 3 is 1.38 bits per heavy atom. The lowest BCUT2D eigenvalue weighted by molar-refractivity contribution is -0.0224. The van der Waals surface area contributed by atoms with Crippen molar-refractivity contribution in [2.75, 3.05) is 83.3 Å². The van der Waals surface area contributed by atoms with E-state index in [0.717, 1.165) is 42.9 Å². The Hall–Kier alpha value is 1.30. The lowest BCUT2D eigenvalue weighted by Gasteiger charge is -2.37. The average Bonchev–Trinajstić information content (AvgIpc) is 3.06. The SMILES string of the molecule is CC(CO)CO[Si](CCCS)(OCC(C)CO[Si]1(CCCS)OCC(C)CO1)OCC(C)CO[Si]1(CCCS)OCC(C)CO1. The van der Waals surface area contributed by atoms with Crippen molar-refractivity contribution in [3.8, 4) is 0 Å². The number of aliphatic hydroxyl groups excluding tert-OH is 1. The Kier molecular flexibility index (Phi) is 21.6. The minimum atomic E-state index is -3.15. The van der Waals surface area contributed by atoms with E-state index in [1.807, 2.05) is 6.92 Å². The van der Waals surface area contributed by atoms with E-state index in [1.165, 1.54) is 0 Å². The summed E-state index contributed by atoms with van der Waals surface area (Å²) in [5.41, 5.74) is 0. The third-order valence-electron chi connectivity index (χ3n) is 7.52. The highest BCUT2D eigenvalue weighted by Gasteiger charge is 2.47. The molecule has 3 atom stereocenters. The van der Waals surface area contributed by atoms with Crippen LogP contribution in [0.2, 0.25) is 18.1 Å². The quantitative estimate of drug-likeness (QED) is 0.0744. The van der Waals surface area contributed by atoms with Gasteiger partial charge in [0.15, 0.2) is 0 Å². The van der Waals surface area contributed by atoms with Gasteiger partial charge in [0.1, 0.15) is 0 Å². The fourth-order valence-corrected chi connectivity index (χ4v) is 14.7. The summed E-state index contributed by atoms with van der Waals surface area (Å²) in [4.78, 5) is 0. The highest BCUT2D eigenvalue weighted by Crippen LogP contribution is 2.28. The van der Waals surface area contributed by atoms with Crippen LogP contribution >= 0.6 is 37.9 Å². The molecule has 3 unspecified atom stereocenters. The van der Waals surface area contributed by atoms with E-state index in [0.29, 0.717) is 83.1 Å². The summed E-state index contributed by atoms with van der Waals surface area (Å²) in [7, 11) is -8.63. The van der Waals surface area contributed by atoms with Gasteiger partial charge in [-0.2, -0.15) is 37.9 Å². The van der Waals surface area contributed by atoms with Gasteiger partial charge in [-0.1, -0.05) is 34.6 Å². The smallest absolute Gasteiger partial charge is 0.396 e. The Morgan fingerprint density at radius 1 is 0.644 bits per heavy atom. The van der Waals surface area contributed by atoms with Crippen molar-refractivity contribution in [1.82, 2.24) is 0 Å². The van der Waals surface area contributed by atoms with Crippen LogP contribution in [0.5, 0.6) is 0 Å². The Bertz CT molecular complexity index is 706. The molecule has 2 heterocycles. The molecule has 16 heteroatoms. The molecule has 2 aliphatic rings. The fraction of sp³-hybridized carbons (Fsp3) is 1.00. The van der Waals surface area contributed by atoms with E-state index >= 15 is 0 Å². The summed E-state index contributed by atoms with van der Waals surface area (Å²) >= 11 is 13.2.